The SMILES string of the molecule is CN(C)c1ccc(C(=O)NCc2ccc(N3CCSCC3)cc2)cc1. The van der Waals surface area contributed by atoms with Crippen LogP contribution in [0, 0.1) is 0 Å². The fraction of sp³-hybridized carbons (Fsp3) is 0.350. The second-order valence-electron chi connectivity index (χ2n) is 6.39. The van der Waals surface area contributed by atoms with Gasteiger partial charge in [-0.2, -0.15) is 11.8 Å². The summed E-state index contributed by atoms with van der Waals surface area (Å²) in [6.45, 7) is 2.78. The summed E-state index contributed by atoms with van der Waals surface area (Å²) in [6, 6.07) is 16.2. The predicted molar refractivity (Wildman–Crippen MR) is 108 cm³/mol. The number of carbonyl (C=O) groups is 1. The van der Waals surface area contributed by atoms with Crippen molar-refractivity contribution in [2.75, 3.05) is 48.5 Å². The highest BCUT2D eigenvalue weighted by Gasteiger charge is 2.11. The van der Waals surface area contributed by atoms with Gasteiger partial charge >= 0.3 is 0 Å². The molecule has 0 aliphatic carbocycles. The lowest BCUT2D eigenvalue weighted by Crippen LogP contribution is -2.32. The van der Waals surface area contributed by atoms with Crippen LogP contribution in [-0.2, 0) is 6.54 Å². The van der Waals surface area contributed by atoms with E-state index >= 15 is 0 Å². The lowest BCUT2D eigenvalue weighted by Gasteiger charge is -2.28. The Morgan fingerprint density at radius 2 is 1.68 bits per heavy atom. The van der Waals surface area contributed by atoms with Gasteiger partial charge in [-0.25, -0.2) is 0 Å². The van der Waals surface area contributed by atoms with Gasteiger partial charge in [0.25, 0.3) is 5.91 Å². The number of nitrogens with zero attached hydrogens (tertiary/aromatic N) is 2. The van der Waals surface area contributed by atoms with Crippen molar-refractivity contribution in [3.63, 3.8) is 0 Å². The zero-order valence-corrected chi connectivity index (χ0v) is 15.7. The molecule has 0 aromatic heterocycles. The van der Waals surface area contributed by atoms with Crippen LogP contribution in [0.3, 0.4) is 0 Å². The highest BCUT2D eigenvalue weighted by Crippen LogP contribution is 2.20. The van der Waals surface area contributed by atoms with E-state index in [1.807, 2.05) is 55.0 Å². The van der Waals surface area contributed by atoms with Gasteiger partial charge in [-0.1, -0.05) is 12.1 Å². The van der Waals surface area contributed by atoms with E-state index in [0.29, 0.717) is 12.1 Å². The van der Waals surface area contributed by atoms with Gasteiger partial charge in [0.1, 0.15) is 0 Å². The van der Waals surface area contributed by atoms with Crippen LogP contribution in [0.4, 0.5) is 11.4 Å². The van der Waals surface area contributed by atoms with Crippen molar-refractivity contribution < 1.29 is 4.79 Å². The number of hydrogen-bond donors (Lipinski definition) is 1. The van der Waals surface area contributed by atoms with Gasteiger partial charge < -0.3 is 15.1 Å². The van der Waals surface area contributed by atoms with Crippen molar-refractivity contribution in [3.05, 3.63) is 59.7 Å². The van der Waals surface area contributed by atoms with Crippen molar-refractivity contribution in [2.45, 2.75) is 6.54 Å². The van der Waals surface area contributed by atoms with E-state index in [4.69, 9.17) is 0 Å². The van der Waals surface area contributed by atoms with Crippen molar-refractivity contribution in [2.24, 2.45) is 0 Å². The largest absolute Gasteiger partial charge is 0.378 e. The van der Waals surface area contributed by atoms with Gasteiger partial charge in [-0.15, -0.1) is 0 Å². The molecule has 1 saturated heterocycles. The normalized spacial score (nSPS) is 14.2. The highest BCUT2D eigenvalue weighted by atomic mass is 32.2. The summed E-state index contributed by atoms with van der Waals surface area (Å²) in [4.78, 5) is 16.7. The molecule has 0 bridgehead atoms. The Morgan fingerprint density at radius 1 is 1.04 bits per heavy atom. The van der Waals surface area contributed by atoms with Crippen LogP contribution in [0.5, 0.6) is 0 Å². The number of amides is 1. The van der Waals surface area contributed by atoms with Crippen molar-refractivity contribution in [1.82, 2.24) is 5.32 Å². The van der Waals surface area contributed by atoms with Crippen LogP contribution < -0.4 is 15.1 Å². The van der Waals surface area contributed by atoms with E-state index in [-0.39, 0.29) is 5.91 Å². The third-order valence-electron chi connectivity index (χ3n) is 4.41. The molecule has 0 radical (unpaired) electrons. The van der Waals surface area contributed by atoms with Crippen molar-refractivity contribution >= 4 is 29.0 Å². The number of hydrogen-bond acceptors (Lipinski definition) is 4. The molecular formula is C20H25N3OS. The lowest BCUT2D eigenvalue weighted by molar-refractivity contribution is 0.0951. The fourth-order valence-electron chi connectivity index (χ4n) is 2.84. The molecule has 1 aliphatic heterocycles. The maximum absolute atomic E-state index is 12.3. The Balaban J connectivity index is 1.54. The van der Waals surface area contributed by atoms with E-state index < -0.39 is 0 Å². The number of carbonyl (C=O) groups excluding carboxylic acids is 1. The van der Waals surface area contributed by atoms with Gasteiger partial charge in [0.15, 0.2) is 0 Å². The van der Waals surface area contributed by atoms with Crippen LogP contribution in [0.15, 0.2) is 48.5 Å². The molecule has 25 heavy (non-hydrogen) atoms. The second-order valence-corrected chi connectivity index (χ2v) is 7.61. The molecule has 1 heterocycles. The first-order valence-corrected chi connectivity index (χ1v) is 9.76. The molecule has 3 rings (SSSR count). The standard InChI is InChI=1S/C20H25N3OS/c1-22(2)18-9-5-17(6-10-18)20(24)21-15-16-3-7-19(8-4-16)23-11-13-25-14-12-23/h3-10H,11-15H2,1-2H3,(H,21,24). The minimum atomic E-state index is -0.0394. The monoisotopic (exact) mass is 355 g/mol. The predicted octanol–water partition coefficient (Wildman–Crippen LogP) is 3.24. The van der Waals surface area contributed by atoms with Gasteiger partial charge in [0, 0.05) is 62.2 Å². The van der Waals surface area contributed by atoms with E-state index in [1.165, 1.54) is 17.2 Å². The molecule has 5 heteroatoms. The average molecular weight is 356 g/mol. The molecule has 0 saturated carbocycles. The maximum atomic E-state index is 12.3. The molecule has 1 N–H and O–H groups in total. The summed E-state index contributed by atoms with van der Waals surface area (Å²) in [5, 5.41) is 2.99. The summed E-state index contributed by atoms with van der Waals surface area (Å²) < 4.78 is 0. The second kappa shape index (κ2) is 8.30. The number of anilines is 2. The summed E-state index contributed by atoms with van der Waals surface area (Å²) in [5.74, 6) is 2.36. The Morgan fingerprint density at radius 3 is 2.28 bits per heavy atom. The van der Waals surface area contributed by atoms with Crippen molar-refractivity contribution in [1.29, 1.82) is 0 Å². The molecule has 0 unspecified atom stereocenters. The molecule has 4 nitrogen and oxygen atoms in total. The molecule has 2 aromatic carbocycles. The molecule has 0 spiro atoms. The molecule has 1 aliphatic rings. The average Bonchev–Trinajstić information content (AvgIpc) is 2.67. The fourth-order valence-corrected chi connectivity index (χ4v) is 3.74. The van der Waals surface area contributed by atoms with Gasteiger partial charge in [0.05, 0.1) is 0 Å². The minimum absolute atomic E-state index is 0.0394. The highest BCUT2D eigenvalue weighted by molar-refractivity contribution is 7.99. The van der Waals surface area contributed by atoms with Crippen LogP contribution in [0.1, 0.15) is 15.9 Å². The first kappa shape index (κ1) is 17.7. The first-order valence-electron chi connectivity index (χ1n) is 8.61. The molecule has 1 amide bonds. The van der Waals surface area contributed by atoms with E-state index in [1.54, 1.807) is 0 Å². The van der Waals surface area contributed by atoms with Crippen LogP contribution in [0.2, 0.25) is 0 Å². The van der Waals surface area contributed by atoms with Gasteiger partial charge in [-0.3, -0.25) is 4.79 Å². The smallest absolute Gasteiger partial charge is 0.251 e. The number of benzene rings is 2. The Labute approximate surface area is 154 Å². The zero-order chi connectivity index (χ0) is 17.6. The van der Waals surface area contributed by atoms with E-state index in [0.717, 1.165) is 24.3 Å². The Hall–Kier alpha value is -2.14. The summed E-state index contributed by atoms with van der Waals surface area (Å²) in [5.41, 5.74) is 4.17. The third-order valence-corrected chi connectivity index (χ3v) is 5.35. The number of nitrogens with one attached hydrogen (secondary N) is 1. The summed E-state index contributed by atoms with van der Waals surface area (Å²) >= 11 is 2.02. The van der Waals surface area contributed by atoms with Crippen LogP contribution in [-0.4, -0.2) is 44.6 Å². The maximum Gasteiger partial charge on any atom is 0.251 e. The van der Waals surface area contributed by atoms with Crippen molar-refractivity contribution in [3.8, 4) is 0 Å². The number of rotatable bonds is 5. The first-order chi connectivity index (χ1) is 12.1. The topological polar surface area (TPSA) is 35.6 Å². The molecule has 132 valence electrons. The Bertz CT molecular complexity index is 692. The van der Waals surface area contributed by atoms with Gasteiger partial charge in [-0.05, 0) is 42.0 Å². The third kappa shape index (κ3) is 4.69. The summed E-state index contributed by atoms with van der Waals surface area (Å²) in [7, 11) is 3.98. The number of thioether (sulfide) groups is 1. The van der Waals surface area contributed by atoms with Gasteiger partial charge in [0.2, 0.25) is 0 Å². The molecule has 2 aromatic rings. The molecular weight excluding hydrogens is 330 g/mol. The molecule has 1 fully saturated rings. The summed E-state index contributed by atoms with van der Waals surface area (Å²) in [6.07, 6.45) is 0. The van der Waals surface area contributed by atoms with Crippen LogP contribution >= 0.6 is 11.8 Å². The van der Waals surface area contributed by atoms with E-state index in [9.17, 15) is 4.79 Å². The van der Waals surface area contributed by atoms with E-state index in [2.05, 4.69) is 34.5 Å². The Kier molecular flexibility index (Phi) is 5.87. The minimum Gasteiger partial charge on any atom is -0.378 e. The van der Waals surface area contributed by atoms with Crippen LogP contribution in [0.25, 0.3) is 0 Å². The molecule has 0 atom stereocenters. The lowest BCUT2D eigenvalue weighted by atomic mass is 10.1. The quantitative estimate of drug-likeness (QED) is 0.893. The zero-order valence-electron chi connectivity index (χ0n) is 14.9.